The number of likely N-dealkylation sites (tertiary alicyclic amines) is 1. The van der Waals surface area contributed by atoms with Gasteiger partial charge in [-0.3, -0.25) is 9.69 Å². The zero-order valence-electron chi connectivity index (χ0n) is 13.3. The fourth-order valence-electron chi connectivity index (χ4n) is 4.47. The Morgan fingerprint density at radius 3 is 2.43 bits per heavy atom. The van der Waals surface area contributed by atoms with Crippen LogP contribution in [0, 0.1) is 0 Å². The number of carbonyl (C=O) groups is 1. The molecule has 0 radical (unpaired) electrons. The average molecular weight is 293 g/mol. The van der Waals surface area contributed by atoms with E-state index >= 15 is 0 Å². The molecule has 0 aromatic rings. The lowest BCUT2D eigenvalue weighted by molar-refractivity contribution is -0.123. The minimum atomic E-state index is 0.0620. The topological polar surface area (TPSA) is 44.4 Å². The van der Waals surface area contributed by atoms with Gasteiger partial charge in [0.2, 0.25) is 5.91 Å². The molecule has 3 fully saturated rings. The number of nitrogens with one attached hydrogen (secondary N) is 2. The van der Waals surface area contributed by atoms with Crippen LogP contribution in [0.2, 0.25) is 0 Å². The van der Waals surface area contributed by atoms with Gasteiger partial charge < -0.3 is 10.6 Å². The van der Waals surface area contributed by atoms with Gasteiger partial charge in [0.15, 0.2) is 0 Å². The molecule has 2 heterocycles. The van der Waals surface area contributed by atoms with Crippen molar-refractivity contribution in [2.45, 2.75) is 75.8 Å². The van der Waals surface area contributed by atoms with Crippen molar-refractivity contribution in [3.05, 3.63) is 0 Å². The highest BCUT2D eigenvalue weighted by atomic mass is 16.2. The van der Waals surface area contributed by atoms with Crippen molar-refractivity contribution >= 4 is 5.91 Å². The minimum Gasteiger partial charge on any atom is -0.353 e. The van der Waals surface area contributed by atoms with Crippen LogP contribution in [-0.4, -0.2) is 48.6 Å². The summed E-state index contributed by atoms with van der Waals surface area (Å²) in [4.78, 5) is 15.0. The Morgan fingerprint density at radius 2 is 1.76 bits per heavy atom. The zero-order valence-corrected chi connectivity index (χ0v) is 13.3. The zero-order chi connectivity index (χ0) is 14.5. The third kappa shape index (κ3) is 3.59. The first kappa shape index (κ1) is 15.3. The van der Waals surface area contributed by atoms with Crippen LogP contribution in [0.4, 0.5) is 0 Å². The van der Waals surface area contributed by atoms with Crippen LogP contribution < -0.4 is 10.6 Å². The van der Waals surface area contributed by atoms with Crippen molar-refractivity contribution in [2.75, 3.05) is 26.2 Å². The van der Waals surface area contributed by atoms with E-state index in [2.05, 4.69) is 15.5 Å². The number of piperidine rings is 1. The summed E-state index contributed by atoms with van der Waals surface area (Å²) in [7, 11) is 0. The van der Waals surface area contributed by atoms with Crippen molar-refractivity contribution < 1.29 is 4.79 Å². The molecule has 1 aliphatic carbocycles. The summed E-state index contributed by atoms with van der Waals surface area (Å²) in [6.07, 6.45) is 12.7. The Balaban J connectivity index is 1.60. The third-order valence-corrected chi connectivity index (χ3v) is 5.78. The van der Waals surface area contributed by atoms with E-state index in [0.717, 1.165) is 25.9 Å². The Hall–Kier alpha value is -0.610. The molecule has 0 spiro atoms. The quantitative estimate of drug-likeness (QED) is 0.834. The van der Waals surface area contributed by atoms with E-state index in [1.807, 2.05) is 0 Å². The van der Waals surface area contributed by atoms with E-state index in [9.17, 15) is 4.79 Å². The maximum absolute atomic E-state index is 12.3. The summed E-state index contributed by atoms with van der Waals surface area (Å²) < 4.78 is 0. The highest BCUT2D eigenvalue weighted by Crippen LogP contribution is 2.35. The number of amides is 1. The second kappa shape index (κ2) is 7.10. The van der Waals surface area contributed by atoms with E-state index in [0.29, 0.717) is 0 Å². The molecule has 3 aliphatic rings. The Morgan fingerprint density at radius 1 is 1.05 bits per heavy atom. The lowest BCUT2D eigenvalue weighted by Crippen LogP contribution is -2.59. The van der Waals surface area contributed by atoms with Crippen LogP contribution in [0.25, 0.3) is 0 Å². The van der Waals surface area contributed by atoms with Gasteiger partial charge in [-0.2, -0.15) is 0 Å². The maximum Gasteiger partial charge on any atom is 0.237 e. The molecular formula is C17H31N3O. The van der Waals surface area contributed by atoms with Gasteiger partial charge >= 0.3 is 0 Å². The molecule has 1 saturated carbocycles. The van der Waals surface area contributed by atoms with E-state index in [-0.39, 0.29) is 17.5 Å². The van der Waals surface area contributed by atoms with E-state index in [1.54, 1.807) is 0 Å². The smallest absolute Gasteiger partial charge is 0.237 e. The molecule has 2 saturated heterocycles. The Kier molecular flexibility index (Phi) is 5.17. The maximum atomic E-state index is 12.3. The van der Waals surface area contributed by atoms with Gasteiger partial charge in [-0.15, -0.1) is 0 Å². The van der Waals surface area contributed by atoms with Crippen molar-refractivity contribution in [3.63, 3.8) is 0 Å². The largest absolute Gasteiger partial charge is 0.353 e. The number of carbonyl (C=O) groups excluding carboxylic acids is 1. The van der Waals surface area contributed by atoms with Crippen molar-refractivity contribution in [2.24, 2.45) is 0 Å². The number of nitrogens with zero attached hydrogens (tertiary/aromatic N) is 1. The highest BCUT2D eigenvalue weighted by Gasteiger charge is 2.39. The molecule has 120 valence electrons. The van der Waals surface area contributed by atoms with E-state index in [4.69, 9.17) is 0 Å². The first-order valence-corrected chi connectivity index (χ1v) is 9.06. The van der Waals surface area contributed by atoms with Crippen LogP contribution in [0.1, 0.15) is 64.2 Å². The molecule has 4 nitrogen and oxygen atoms in total. The van der Waals surface area contributed by atoms with Gasteiger partial charge in [-0.25, -0.2) is 0 Å². The van der Waals surface area contributed by atoms with Gasteiger partial charge in [-0.05, 0) is 58.2 Å². The van der Waals surface area contributed by atoms with Crippen LogP contribution in [0.15, 0.2) is 0 Å². The van der Waals surface area contributed by atoms with Gasteiger partial charge in [-0.1, -0.05) is 25.7 Å². The predicted octanol–water partition coefficient (Wildman–Crippen LogP) is 2.04. The fourth-order valence-corrected chi connectivity index (χ4v) is 4.47. The normalized spacial score (nSPS) is 30.2. The lowest BCUT2D eigenvalue weighted by atomic mass is 9.79. The summed E-state index contributed by atoms with van der Waals surface area (Å²) in [5.41, 5.74) is 0.257. The second-order valence-electron chi connectivity index (χ2n) is 7.20. The molecular weight excluding hydrogens is 262 g/mol. The summed E-state index contributed by atoms with van der Waals surface area (Å²) in [5, 5.41) is 6.60. The molecule has 2 N–H and O–H groups in total. The van der Waals surface area contributed by atoms with Crippen molar-refractivity contribution in [3.8, 4) is 0 Å². The SMILES string of the molecule is O=C(NCC1(N2CCCCC2)CCCCC1)[C@H]1CCCN1. The molecule has 3 rings (SSSR count). The average Bonchev–Trinajstić information content (AvgIpc) is 3.09. The summed E-state index contributed by atoms with van der Waals surface area (Å²) >= 11 is 0. The molecule has 0 bridgehead atoms. The molecule has 0 aromatic carbocycles. The van der Waals surface area contributed by atoms with Crippen molar-refractivity contribution in [1.82, 2.24) is 15.5 Å². The molecule has 0 aromatic heterocycles. The third-order valence-electron chi connectivity index (χ3n) is 5.78. The van der Waals surface area contributed by atoms with Gasteiger partial charge in [0.1, 0.15) is 0 Å². The predicted molar refractivity (Wildman–Crippen MR) is 85.3 cm³/mol. The van der Waals surface area contributed by atoms with Gasteiger partial charge in [0, 0.05) is 12.1 Å². The van der Waals surface area contributed by atoms with Crippen LogP contribution in [-0.2, 0) is 4.79 Å². The molecule has 21 heavy (non-hydrogen) atoms. The van der Waals surface area contributed by atoms with Crippen LogP contribution >= 0.6 is 0 Å². The number of rotatable bonds is 4. The first-order chi connectivity index (χ1) is 10.3. The monoisotopic (exact) mass is 293 g/mol. The summed E-state index contributed by atoms with van der Waals surface area (Å²) in [6, 6.07) is 0.0620. The number of hydrogen-bond donors (Lipinski definition) is 2. The Labute approximate surface area is 129 Å². The molecule has 4 heteroatoms. The molecule has 0 unspecified atom stereocenters. The molecule has 2 aliphatic heterocycles. The van der Waals surface area contributed by atoms with Gasteiger partial charge in [0.25, 0.3) is 0 Å². The Bertz CT molecular complexity index is 340. The van der Waals surface area contributed by atoms with E-state index < -0.39 is 0 Å². The van der Waals surface area contributed by atoms with Crippen molar-refractivity contribution in [1.29, 1.82) is 0 Å². The second-order valence-corrected chi connectivity index (χ2v) is 7.20. The lowest BCUT2D eigenvalue weighted by Gasteiger charge is -2.48. The number of hydrogen-bond acceptors (Lipinski definition) is 3. The standard InChI is InChI=1S/C17H31N3O/c21-16(15-8-7-11-18-15)19-14-17(9-3-1-4-10-17)20-12-5-2-6-13-20/h15,18H,1-14H2,(H,19,21)/t15-/m1/s1. The van der Waals surface area contributed by atoms with Gasteiger partial charge in [0.05, 0.1) is 6.04 Å². The summed E-state index contributed by atoms with van der Waals surface area (Å²) in [6.45, 7) is 4.33. The first-order valence-electron chi connectivity index (χ1n) is 9.06. The molecule has 1 amide bonds. The fraction of sp³-hybridized carbons (Fsp3) is 0.941. The summed E-state index contributed by atoms with van der Waals surface area (Å²) in [5.74, 6) is 0.231. The van der Waals surface area contributed by atoms with Crippen LogP contribution in [0.5, 0.6) is 0 Å². The van der Waals surface area contributed by atoms with E-state index in [1.165, 1.54) is 64.5 Å². The molecule has 1 atom stereocenters. The van der Waals surface area contributed by atoms with Crippen LogP contribution in [0.3, 0.4) is 0 Å². The minimum absolute atomic E-state index is 0.0620. The highest BCUT2D eigenvalue weighted by molar-refractivity contribution is 5.82.